The Morgan fingerprint density at radius 3 is 2.15 bits per heavy atom. The molecule has 0 saturated carbocycles. The van der Waals surface area contributed by atoms with Gasteiger partial charge in [-0.1, -0.05) is 144 Å². The summed E-state index contributed by atoms with van der Waals surface area (Å²) in [5, 5.41) is 16.6. The van der Waals surface area contributed by atoms with Gasteiger partial charge in [-0.25, -0.2) is 0 Å². The summed E-state index contributed by atoms with van der Waals surface area (Å²) >= 11 is 0. The Hall–Kier alpha value is -4.32. The van der Waals surface area contributed by atoms with Crippen molar-refractivity contribution < 1.29 is 29.0 Å². The fourth-order valence-corrected chi connectivity index (χ4v) is 10.1. The number of nitrogens with zero attached hydrogens (tertiary/aromatic N) is 4. The van der Waals surface area contributed by atoms with E-state index in [0.717, 1.165) is 52.6 Å². The van der Waals surface area contributed by atoms with Crippen LogP contribution in [0.2, 0.25) is 0 Å². The summed E-state index contributed by atoms with van der Waals surface area (Å²) in [4.78, 5) is 56.5. The number of carbonyl (C=O) groups excluding carboxylic acids is 3. The third-order valence-corrected chi connectivity index (χ3v) is 14.2. The van der Waals surface area contributed by atoms with E-state index in [1.807, 2.05) is 45.1 Å². The number of Topliss-reactive ketones (excluding diaryl/α,β-unsaturated/α-hetero) is 1. The normalized spacial score (nSPS) is 21.5. The summed E-state index contributed by atoms with van der Waals surface area (Å²) < 4.78 is 11.0. The molecule has 11 heteroatoms. The Morgan fingerprint density at radius 2 is 1.50 bits per heavy atom. The molecule has 0 spiro atoms. The number of ether oxygens (including phenoxy) is 2. The second-order valence-electron chi connectivity index (χ2n) is 19.5. The first-order valence-electron chi connectivity index (χ1n) is 24.1. The van der Waals surface area contributed by atoms with Crippen LogP contribution in [0.5, 0.6) is 0 Å². The Balaban J connectivity index is 0.00000817. The van der Waals surface area contributed by atoms with Gasteiger partial charge in [0.1, 0.15) is 12.5 Å². The quantitative estimate of drug-likeness (QED) is 0.0478. The molecule has 0 amide bonds. The molecule has 352 valence electrons. The maximum absolute atomic E-state index is 14.4. The number of hydrogen-bond donors (Lipinski definition) is 1. The molecule has 1 aliphatic carbocycles. The van der Waals surface area contributed by atoms with Crippen molar-refractivity contribution in [3.8, 4) is 0 Å². The van der Waals surface area contributed by atoms with Gasteiger partial charge in [-0.3, -0.25) is 14.4 Å². The Bertz CT molecular complexity index is 2480. The monoisotopic (exact) mass is 909 g/mol. The van der Waals surface area contributed by atoms with Gasteiger partial charge in [-0.15, -0.1) is 33.5 Å². The van der Waals surface area contributed by atoms with Gasteiger partial charge in [0, 0.05) is 18.6 Å². The average molecular weight is 910 g/mol. The topological polar surface area (TPSA) is 146 Å². The van der Waals surface area contributed by atoms with Crippen LogP contribution >= 0.6 is 0 Å². The molecule has 5 atom stereocenters. The first-order chi connectivity index (χ1) is 31.1. The van der Waals surface area contributed by atoms with Crippen LogP contribution in [-0.2, 0) is 25.5 Å². The number of aromatic nitrogens is 3. The number of aliphatic hydroxyl groups excluding tert-OH is 1. The SMILES string of the molecule is C=Cc1c2[n-]c(c1C)/C=C1\[N-]/C(=C3\c4[n-]c(c(C)c4C(=O)[C@@H]3C(=O)OC)/C=c3\[n-]/c(c(C)c3CCO)=C\2)[C@@H](CCC(=O)OC/C=C(\C)CCC[C@H](C)CCC[C@H](C)CCCC(C)C)[C@@H]1C.[Mg+2]. The van der Waals surface area contributed by atoms with E-state index >= 15 is 0 Å². The van der Waals surface area contributed by atoms with Crippen molar-refractivity contribution in [2.75, 3.05) is 20.3 Å². The largest absolute Gasteiger partial charge is 2.00 e. The molecule has 3 aromatic rings. The number of fused-ring (bicyclic) bond motifs is 7. The van der Waals surface area contributed by atoms with Gasteiger partial charge in [0.05, 0.1) is 7.11 Å². The van der Waals surface area contributed by atoms with Crippen molar-refractivity contribution in [1.82, 2.24) is 15.0 Å². The maximum atomic E-state index is 14.4. The number of hydrogen-bond acceptors (Lipinski definition) is 6. The van der Waals surface area contributed by atoms with Gasteiger partial charge in [-0.05, 0) is 94.6 Å². The predicted octanol–water partition coefficient (Wildman–Crippen LogP) is 9.34. The van der Waals surface area contributed by atoms with Crippen LogP contribution < -0.4 is 25.7 Å². The van der Waals surface area contributed by atoms with E-state index in [1.54, 1.807) is 6.08 Å². The molecular weight excluding hydrogens is 837 g/mol. The van der Waals surface area contributed by atoms with Gasteiger partial charge in [0.15, 0.2) is 5.78 Å². The number of esters is 2. The Kier molecular flexibility index (Phi) is 18.8. The van der Waals surface area contributed by atoms with Gasteiger partial charge in [0.2, 0.25) is 0 Å². The number of methoxy groups -OCH3 is 1. The second kappa shape index (κ2) is 23.6. The molecule has 1 saturated heterocycles. The molecule has 1 N–H and O–H groups in total. The molecule has 0 radical (unpaired) electrons. The van der Waals surface area contributed by atoms with Crippen LogP contribution in [0.1, 0.15) is 173 Å². The van der Waals surface area contributed by atoms with Gasteiger partial charge in [-0.2, -0.15) is 11.4 Å². The molecule has 5 heterocycles. The van der Waals surface area contributed by atoms with Crippen LogP contribution in [0, 0.1) is 56.3 Å². The van der Waals surface area contributed by atoms with E-state index in [4.69, 9.17) is 29.7 Å². The van der Waals surface area contributed by atoms with Crippen LogP contribution in [0.25, 0.3) is 35.2 Å². The van der Waals surface area contributed by atoms with E-state index < -0.39 is 17.7 Å². The molecule has 66 heavy (non-hydrogen) atoms. The first kappa shape index (κ1) is 52.6. The number of allylic oxidation sites excluding steroid dienone is 3. The van der Waals surface area contributed by atoms with Gasteiger partial charge < -0.3 is 34.8 Å². The summed E-state index contributed by atoms with van der Waals surface area (Å²) in [6.45, 7) is 23.6. The third-order valence-electron chi connectivity index (χ3n) is 14.2. The summed E-state index contributed by atoms with van der Waals surface area (Å²) in [6.07, 6.45) is 21.7. The molecule has 1 fully saturated rings. The van der Waals surface area contributed by atoms with Crippen molar-refractivity contribution in [1.29, 1.82) is 0 Å². The molecule has 0 unspecified atom stereocenters. The summed E-state index contributed by atoms with van der Waals surface area (Å²) in [7, 11) is 1.28. The Morgan fingerprint density at radius 1 is 0.848 bits per heavy atom. The molecule has 10 nitrogen and oxygen atoms in total. The van der Waals surface area contributed by atoms with E-state index in [9.17, 15) is 19.5 Å². The molecule has 6 rings (SSSR count). The predicted molar refractivity (Wildman–Crippen MR) is 266 cm³/mol. The number of ketones is 1. The first-order valence-corrected chi connectivity index (χ1v) is 24.1. The van der Waals surface area contributed by atoms with Crippen molar-refractivity contribution in [3.05, 3.63) is 102 Å². The minimum Gasteiger partial charge on any atom is -0.664 e. The van der Waals surface area contributed by atoms with E-state index in [2.05, 4.69) is 48.1 Å². The molecule has 0 aromatic carbocycles. The number of carbonyl (C=O) groups is 3. The van der Waals surface area contributed by atoms with Crippen molar-refractivity contribution in [2.45, 2.75) is 139 Å². The van der Waals surface area contributed by atoms with Crippen molar-refractivity contribution in [3.63, 3.8) is 0 Å². The third kappa shape index (κ3) is 11.8. The van der Waals surface area contributed by atoms with E-state index in [0.29, 0.717) is 74.6 Å². The van der Waals surface area contributed by atoms with E-state index in [1.165, 1.54) is 57.6 Å². The summed E-state index contributed by atoms with van der Waals surface area (Å²) in [5.41, 5.74) is 9.84. The van der Waals surface area contributed by atoms with Gasteiger partial charge >= 0.3 is 35.0 Å². The van der Waals surface area contributed by atoms with Crippen LogP contribution in [-0.4, -0.2) is 66.2 Å². The smallest absolute Gasteiger partial charge is 0.664 e. The standard InChI is InChI=1S/C55H73N4O6.Mg/c1-12-39-35(7)42-28-44-37(9)41(22-23-48(61)65-27-25-34(6)21-15-20-33(5)19-14-18-32(4)17-13-16-31(2)3)52(58-44)50-51(55(63)64-11)54(62)49-38(10)45(59-53(49)50)30-47-40(24-26-60)36(8)43(57-47)29-46(39)56-42;/h12,25,28-33,37,41,51,60H,1,13-24,26-27H2,2-11H3,(H-,58,59,62);/q-3;+2/p-1/b34-25+,43-29-,44-28-,47-30-;/t32-,33-,37+,41+,51-;/m1./s1. The zero-order valence-corrected chi connectivity index (χ0v) is 42.9. The fraction of sp³-hybridized carbons (Fsp3) is 0.545. The fourth-order valence-electron chi connectivity index (χ4n) is 10.1. The van der Waals surface area contributed by atoms with Crippen molar-refractivity contribution in [2.24, 2.45) is 35.5 Å². The number of aliphatic hydroxyl groups is 1. The van der Waals surface area contributed by atoms with E-state index in [-0.39, 0.29) is 60.5 Å². The molecule has 2 aliphatic heterocycles. The average Bonchev–Trinajstić information content (AvgIpc) is 4.00. The molecular formula is C55H72MgN4O6-2. The van der Waals surface area contributed by atoms with Gasteiger partial charge in [0.25, 0.3) is 0 Å². The van der Waals surface area contributed by atoms with Crippen LogP contribution in [0.4, 0.5) is 0 Å². The molecule has 3 aromatic heterocycles. The minimum atomic E-state index is -1.25. The zero-order valence-electron chi connectivity index (χ0n) is 41.4. The second-order valence-corrected chi connectivity index (χ2v) is 19.5. The maximum Gasteiger partial charge on any atom is 2.00 e. The Labute approximate surface area is 409 Å². The molecule has 3 aliphatic rings. The van der Waals surface area contributed by atoms with Crippen LogP contribution in [0.15, 0.2) is 29.6 Å². The zero-order chi connectivity index (χ0) is 47.1. The minimum absolute atomic E-state index is 0. The summed E-state index contributed by atoms with van der Waals surface area (Å²) in [6, 6.07) is 0. The van der Waals surface area contributed by atoms with Crippen molar-refractivity contribution >= 4 is 70.7 Å². The molecule has 8 bridgehead atoms. The van der Waals surface area contributed by atoms with Crippen LogP contribution in [0.3, 0.4) is 0 Å². The summed E-state index contributed by atoms with van der Waals surface area (Å²) in [5.74, 6) is -0.895. The number of rotatable bonds is 21.